The zero-order chi connectivity index (χ0) is 16.9. The van der Waals surface area contributed by atoms with Crippen LogP contribution in [0.4, 0.5) is 5.69 Å². The summed E-state index contributed by atoms with van der Waals surface area (Å²) >= 11 is 5.74. The maximum absolute atomic E-state index is 5.74. The molecule has 1 aromatic heterocycles. The fourth-order valence-corrected chi connectivity index (χ4v) is 4.77. The van der Waals surface area contributed by atoms with Gasteiger partial charge in [-0.05, 0) is 60.5 Å². The molecule has 0 radical (unpaired) electrons. The largest absolute Gasteiger partial charge is 0.346 e. The zero-order valence-corrected chi connectivity index (χ0v) is 15.3. The molecule has 4 nitrogen and oxygen atoms in total. The van der Waals surface area contributed by atoms with Crippen LogP contribution < -0.4 is 5.32 Å². The van der Waals surface area contributed by atoms with Crippen molar-refractivity contribution in [2.24, 2.45) is 17.3 Å². The number of hydrogen-bond donors (Lipinski definition) is 1. The van der Waals surface area contributed by atoms with Gasteiger partial charge >= 0.3 is 0 Å². The van der Waals surface area contributed by atoms with Gasteiger partial charge in [0, 0.05) is 30.7 Å². The number of benzene rings is 1. The van der Waals surface area contributed by atoms with E-state index in [0.717, 1.165) is 40.2 Å². The minimum absolute atomic E-state index is 0.399. The van der Waals surface area contributed by atoms with E-state index in [4.69, 9.17) is 12.2 Å². The highest BCUT2D eigenvalue weighted by Crippen LogP contribution is 2.49. The van der Waals surface area contributed by atoms with E-state index < -0.39 is 0 Å². The van der Waals surface area contributed by atoms with Crippen molar-refractivity contribution in [3.8, 4) is 0 Å². The van der Waals surface area contributed by atoms with Gasteiger partial charge in [-0.3, -0.25) is 9.97 Å². The second kappa shape index (κ2) is 5.66. The Morgan fingerprint density at radius 1 is 1.25 bits per heavy atom. The second-order valence-electron chi connectivity index (χ2n) is 7.97. The lowest BCUT2D eigenvalue weighted by atomic mass is 9.65. The average molecular weight is 340 g/mol. The molecule has 1 saturated heterocycles. The summed E-state index contributed by atoms with van der Waals surface area (Å²) in [7, 11) is 0. The van der Waals surface area contributed by atoms with Crippen LogP contribution in [-0.4, -0.2) is 32.6 Å². The van der Waals surface area contributed by atoms with Gasteiger partial charge in [-0.25, -0.2) is 0 Å². The molecule has 2 fully saturated rings. The summed E-state index contributed by atoms with van der Waals surface area (Å²) in [6.07, 6.45) is 5.93. The van der Waals surface area contributed by atoms with Crippen molar-refractivity contribution in [3.63, 3.8) is 0 Å². The first kappa shape index (κ1) is 15.8. The first-order valence-electron chi connectivity index (χ1n) is 8.72. The maximum Gasteiger partial charge on any atom is 0.173 e. The van der Waals surface area contributed by atoms with E-state index in [9.17, 15) is 0 Å². The lowest BCUT2D eigenvalue weighted by molar-refractivity contribution is 0.107. The Morgan fingerprint density at radius 2 is 2.00 bits per heavy atom. The number of nitrogens with one attached hydrogen (secondary N) is 1. The molecule has 1 aromatic carbocycles. The summed E-state index contributed by atoms with van der Waals surface area (Å²) in [5.74, 6) is 1.50. The monoisotopic (exact) mass is 340 g/mol. The third-order valence-corrected chi connectivity index (χ3v) is 6.47. The number of fused-ring (bicyclic) bond motifs is 3. The summed E-state index contributed by atoms with van der Waals surface area (Å²) in [6.45, 7) is 8.29. The highest BCUT2D eigenvalue weighted by atomic mass is 32.1. The van der Waals surface area contributed by atoms with Gasteiger partial charge in [0.1, 0.15) is 0 Å². The van der Waals surface area contributed by atoms with E-state index in [1.807, 2.05) is 18.2 Å². The third kappa shape index (κ3) is 2.65. The molecule has 24 heavy (non-hydrogen) atoms. The highest BCUT2D eigenvalue weighted by molar-refractivity contribution is 7.80. The number of anilines is 1. The first-order chi connectivity index (χ1) is 11.4. The van der Waals surface area contributed by atoms with E-state index in [1.165, 1.54) is 12.8 Å². The number of likely N-dealkylation sites (tertiary alicyclic amines) is 1. The average Bonchev–Trinajstić information content (AvgIpc) is 2.92. The van der Waals surface area contributed by atoms with Gasteiger partial charge in [0.05, 0.1) is 11.0 Å². The Labute approximate surface area is 148 Å². The Hall–Kier alpha value is -1.75. The maximum atomic E-state index is 5.74. The summed E-state index contributed by atoms with van der Waals surface area (Å²) in [4.78, 5) is 11.1. The van der Waals surface area contributed by atoms with Crippen LogP contribution in [0.1, 0.15) is 33.6 Å². The summed E-state index contributed by atoms with van der Waals surface area (Å²) in [5, 5.41) is 4.26. The van der Waals surface area contributed by atoms with Gasteiger partial charge in [0.2, 0.25) is 0 Å². The zero-order valence-electron chi connectivity index (χ0n) is 14.5. The quantitative estimate of drug-likeness (QED) is 0.792. The minimum atomic E-state index is 0.399. The summed E-state index contributed by atoms with van der Waals surface area (Å²) in [5.41, 5.74) is 3.18. The molecule has 1 aliphatic carbocycles. The number of nitrogens with zero attached hydrogens (tertiary/aromatic N) is 3. The highest BCUT2D eigenvalue weighted by Gasteiger charge is 2.48. The topological polar surface area (TPSA) is 41.0 Å². The Bertz CT molecular complexity index is 788. The van der Waals surface area contributed by atoms with Crippen molar-refractivity contribution in [1.82, 2.24) is 14.9 Å². The van der Waals surface area contributed by atoms with Gasteiger partial charge in [-0.15, -0.1) is 0 Å². The van der Waals surface area contributed by atoms with Crippen molar-refractivity contribution in [2.45, 2.75) is 39.7 Å². The van der Waals surface area contributed by atoms with Crippen molar-refractivity contribution < 1.29 is 0 Å². The standard InChI is InChI=1S/C19H24N4S/c1-12-13-8-15(10-19(12,2)3)23(11-13)18(24)22-14-4-5-16-17(9-14)21-7-6-20-16/h4-7,9,12-13,15H,8,10-11H2,1-3H3,(H,22,24)/t12-,13+,15+/m1/s1. The predicted octanol–water partition coefficient (Wildman–Crippen LogP) is 4.08. The predicted molar refractivity (Wildman–Crippen MR) is 102 cm³/mol. The number of thiocarbonyl (C=S) groups is 1. The number of aromatic nitrogens is 2. The van der Waals surface area contributed by atoms with E-state index in [0.29, 0.717) is 11.5 Å². The van der Waals surface area contributed by atoms with E-state index in [1.54, 1.807) is 12.4 Å². The van der Waals surface area contributed by atoms with E-state index in [-0.39, 0.29) is 0 Å². The van der Waals surface area contributed by atoms with Gasteiger partial charge < -0.3 is 10.2 Å². The van der Waals surface area contributed by atoms with Crippen LogP contribution in [0.2, 0.25) is 0 Å². The molecule has 2 aliphatic rings. The molecule has 126 valence electrons. The van der Waals surface area contributed by atoms with Gasteiger partial charge in [-0.2, -0.15) is 0 Å². The summed E-state index contributed by atoms with van der Waals surface area (Å²) in [6, 6.07) is 6.60. The SMILES string of the molecule is C[C@@H]1[C@H]2C[C@@H](CC1(C)C)N(C(=S)Nc1ccc3nccnc3c1)C2. The third-order valence-electron chi connectivity index (χ3n) is 6.13. The Morgan fingerprint density at radius 3 is 2.79 bits per heavy atom. The molecule has 4 rings (SSSR count). The Balaban J connectivity index is 1.52. The molecule has 2 aromatic rings. The number of rotatable bonds is 1. The number of hydrogen-bond acceptors (Lipinski definition) is 3. The van der Waals surface area contributed by atoms with Gasteiger partial charge in [-0.1, -0.05) is 20.8 Å². The van der Waals surface area contributed by atoms with Crippen LogP contribution >= 0.6 is 12.2 Å². The lowest BCUT2D eigenvalue weighted by Crippen LogP contribution is -2.41. The molecular weight excluding hydrogens is 316 g/mol. The fraction of sp³-hybridized carbons (Fsp3) is 0.526. The van der Waals surface area contributed by atoms with Crippen LogP contribution in [-0.2, 0) is 0 Å². The second-order valence-corrected chi connectivity index (χ2v) is 8.36. The first-order valence-corrected chi connectivity index (χ1v) is 9.13. The smallest absolute Gasteiger partial charge is 0.173 e. The molecule has 2 heterocycles. The van der Waals surface area contributed by atoms with Gasteiger partial charge in [0.15, 0.2) is 5.11 Å². The van der Waals surface area contributed by atoms with Crippen molar-refractivity contribution in [3.05, 3.63) is 30.6 Å². The normalized spacial score (nSPS) is 28.1. The van der Waals surface area contributed by atoms with Crippen molar-refractivity contribution >= 4 is 34.1 Å². The van der Waals surface area contributed by atoms with Crippen molar-refractivity contribution in [1.29, 1.82) is 0 Å². The Kier molecular flexibility index (Phi) is 3.71. The van der Waals surface area contributed by atoms with Gasteiger partial charge in [0.25, 0.3) is 0 Å². The fourth-order valence-electron chi connectivity index (χ4n) is 4.43. The molecule has 2 bridgehead atoms. The molecule has 3 atom stereocenters. The molecule has 1 saturated carbocycles. The minimum Gasteiger partial charge on any atom is -0.346 e. The molecule has 5 heteroatoms. The molecule has 0 unspecified atom stereocenters. The molecule has 1 N–H and O–H groups in total. The molecule has 0 amide bonds. The van der Waals surface area contributed by atoms with E-state index in [2.05, 4.69) is 41.0 Å². The van der Waals surface area contributed by atoms with Crippen molar-refractivity contribution in [2.75, 3.05) is 11.9 Å². The van der Waals surface area contributed by atoms with Crippen LogP contribution in [0.3, 0.4) is 0 Å². The lowest BCUT2D eigenvalue weighted by Gasteiger charge is -2.41. The molecule has 1 aliphatic heterocycles. The summed E-state index contributed by atoms with van der Waals surface area (Å²) < 4.78 is 0. The van der Waals surface area contributed by atoms with Crippen LogP contribution in [0.5, 0.6) is 0 Å². The van der Waals surface area contributed by atoms with Crippen LogP contribution in [0.15, 0.2) is 30.6 Å². The van der Waals surface area contributed by atoms with Crippen LogP contribution in [0.25, 0.3) is 11.0 Å². The van der Waals surface area contributed by atoms with Crippen LogP contribution in [0, 0.1) is 17.3 Å². The molecule has 0 spiro atoms. The molecular formula is C19H24N4S. The van der Waals surface area contributed by atoms with E-state index >= 15 is 0 Å².